The minimum atomic E-state index is -0.357. The van der Waals surface area contributed by atoms with E-state index in [1.54, 1.807) is 23.0 Å². The fraction of sp³-hybridized carbons (Fsp3) is 0.0455. The van der Waals surface area contributed by atoms with Crippen LogP contribution >= 0.6 is 0 Å². The van der Waals surface area contributed by atoms with Gasteiger partial charge in [0.05, 0.1) is 17.6 Å². The Bertz CT molecular complexity index is 1270. The summed E-state index contributed by atoms with van der Waals surface area (Å²) >= 11 is 0. The maximum absolute atomic E-state index is 12.8. The predicted octanol–water partition coefficient (Wildman–Crippen LogP) is 4.12. The van der Waals surface area contributed by atoms with E-state index in [0.717, 1.165) is 16.7 Å². The second-order valence-electron chi connectivity index (χ2n) is 6.52. The lowest BCUT2D eigenvalue weighted by Gasteiger charge is -2.09. The minimum Gasteiger partial charge on any atom is -0.454 e. The van der Waals surface area contributed by atoms with Crippen LogP contribution in [0.5, 0.6) is 0 Å². The molecular weight excluding hydrogens is 366 g/mol. The smallest absolute Gasteiger partial charge is 0.293 e. The van der Waals surface area contributed by atoms with E-state index in [-0.39, 0.29) is 11.7 Å². The van der Waals surface area contributed by atoms with E-state index in [1.165, 1.54) is 0 Å². The second-order valence-corrected chi connectivity index (χ2v) is 6.52. The van der Waals surface area contributed by atoms with E-state index in [4.69, 9.17) is 4.42 Å². The molecule has 3 aromatic heterocycles. The quantitative estimate of drug-likeness (QED) is 0.495. The molecule has 5 aromatic rings. The number of carbonyl (C=O) groups is 1. The number of carbonyl (C=O) groups excluding carboxylic acids is 1. The highest BCUT2D eigenvalue weighted by Gasteiger charge is 2.18. The number of rotatable bonds is 5. The number of imidazole rings is 1. The third-order valence-electron chi connectivity index (χ3n) is 4.56. The maximum Gasteiger partial charge on any atom is 0.293 e. The van der Waals surface area contributed by atoms with Gasteiger partial charge in [0, 0.05) is 18.1 Å². The zero-order chi connectivity index (χ0) is 19.6. The molecule has 0 saturated heterocycles. The number of amides is 1. The third-order valence-corrected chi connectivity index (χ3v) is 4.56. The van der Waals surface area contributed by atoms with E-state index in [0.29, 0.717) is 18.3 Å². The van der Waals surface area contributed by atoms with Crippen LogP contribution in [-0.2, 0) is 6.54 Å². The van der Waals surface area contributed by atoms with E-state index >= 15 is 0 Å². The number of para-hydroxylation sites is 3. The SMILES string of the molecule is O=C(Nc1nc2ccccc2n1-c1ccccc1)c1ccc(Cn2cccn2)o1. The molecule has 3 heterocycles. The molecule has 7 nitrogen and oxygen atoms in total. The molecule has 0 atom stereocenters. The molecule has 0 spiro atoms. The van der Waals surface area contributed by atoms with Gasteiger partial charge >= 0.3 is 0 Å². The molecule has 1 N–H and O–H groups in total. The number of fused-ring (bicyclic) bond motifs is 1. The van der Waals surface area contributed by atoms with Crippen LogP contribution in [0.4, 0.5) is 5.95 Å². The van der Waals surface area contributed by atoms with Crippen molar-refractivity contribution >= 4 is 22.9 Å². The van der Waals surface area contributed by atoms with E-state index in [2.05, 4.69) is 15.4 Å². The standard InChI is InChI=1S/C22H17N5O2/c28-21(20-12-11-17(29-20)15-26-14-6-13-23-26)25-22-24-18-9-4-5-10-19(18)27(22)16-7-2-1-3-8-16/h1-14H,15H2,(H,24,25,28). The summed E-state index contributed by atoms with van der Waals surface area (Å²) in [5.41, 5.74) is 2.62. The van der Waals surface area contributed by atoms with Crippen molar-refractivity contribution in [3.8, 4) is 5.69 Å². The van der Waals surface area contributed by atoms with Crippen molar-refractivity contribution in [3.63, 3.8) is 0 Å². The third kappa shape index (κ3) is 3.29. The van der Waals surface area contributed by atoms with Gasteiger partial charge in [0.25, 0.3) is 5.91 Å². The van der Waals surface area contributed by atoms with Crippen LogP contribution in [0.2, 0.25) is 0 Å². The van der Waals surface area contributed by atoms with Crippen molar-refractivity contribution in [1.29, 1.82) is 0 Å². The van der Waals surface area contributed by atoms with Crippen molar-refractivity contribution < 1.29 is 9.21 Å². The largest absolute Gasteiger partial charge is 0.454 e. The molecule has 0 aliphatic heterocycles. The summed E-state index contributed by atoms with van der Waals surface area (Å²) in [5.74, 6) is 0.950. The van der Waals surface area contributed by atoms with Gasteiger partial charge in [-0.05, 0) is 42.5 Å². The summed E-state index contributed by atoms with van der Waals surface area (Å²) < 4.78 is 9.35. The minimum absolute atomic E-state index is 0.221. The van der Waals surface area contributed by atoms with Crippen LogP contribution in [0, 0.1) is 0 Å². The average Bonchev–Trinajstić information content (AvgIpc) is 3.49. The summed E-state index contributed by atoms with van der Waals surface area (Å²) in [7, 11) is 0. The van der Waals surface area contributed by atoms with Crippen LogP contribution in [-0.4, -0.2) is 25.2 Å². The van der Waals surface area contributed by atoms with E-state index in [9.17, 15) is 4.79 Å². The van der Waals surface area contributed by atoms with Crippen molar-refractivity contribution in [2.24, 2.45) is 0 Å². The fourth-order valence-corrected chi connectivity index (χ4v) is 3.25. The summed E-state index contributed by atoms with van der Waals surface area (Å²) in [6, 6.07) is 22.8. The van der Waals surface area contributed by atoms with Crippen molar-refractivity contribution in [1.82, 2.24) is 19.3 Å². The molecule has 0 unspecified atom stereocenters. The zero-order valence-corrected chi connectivity index (χ0v) is 15.4. The molecule has 0 saturated carbocycles. The monoisotopic (exact) mass is 383 g/mol. The molecule has 0 bridgehead atoms. The summed E-state index contributed by atoms with van der Waals surface area (Å²) in [4.78, 5) is 17.4. The summed E-state index contributed by atoms with van der Waals surface area (Å²) in [6.07, 6.45) is 3.54. The first-order valence-electron chi connectivity index (χ1n) is 9.18. The second kappa shape index (κ2) is 7.12. The van der Waals surface area contributed by atoms with Crippen LogP contribution in [0.15, 0.2) is 89.6 Å². The Morgan fingerprint density at radius 1 is 0.966 bits per heavy atom. The van der Waals surface area contributed by atoms with Gasteiger partial charge in [-0.1, -0.05) is 30.3 Å². The molecule has 7 heteroatoms. The van der Waals surface area contributed by atoms with Gasteiger partial charge in [-0.25, -0.2) is 4.98 Å². The Balaban J connectivity index is 1.46. The topological polar surface area (TPSA) is 77.9 Å². The van der Waals surface area contributed by atoms with Gasteiger partial charge < -0.3 is 4.42 Å². The number of benzene rings is 2. The lowest BCUT2D eigenvalue weighted by atomic mass is 10.3. The highest BCUT2D eigenvalue weighted by atomic mass is 16.4. The number of hydrogen-bond acceptors (Lipinski definition) is 4. The molecule has 29 heavy (non-hydrogen) atoms. The molecular formula is C22H17N5O2. The Morgan fingerprint density at radius 2 is 1.79 bits per heavy atom. The molecule has 1 amide bonds. The molecule has 0 radical (unpaired) electrons. The van der Waals surface area contributed by atoms with Gasteiger partial charge in [-0.15, -0.1) is 0 Å². The Labute approximate surface area is 166 Å². The number of anilines is 1. The van der Waals surface area contributed by atoms with Crippen molar-refractivity contribution in [2.45, 2.75) is 6.54 Å². The van der Waals surface area contributed by atoms with Crippen molar-refractivity contribution in [3.05, 3.63) is 96.7 Å². The maximum atomic E-state index is 12.8. The molecule has 0 fully saturated rings. The first-order chi connectivity index (χ1) is 14.3. The molecule has 0 aliphatic carbocycles. The van der Waals surface area contributed by atoms with E-state index in [1.807, 2.05) is 71.4 Å². The molecule has 0 aliphatic rings. The van der Waals surface area contributed by atoms with Crippen LogP contribution in [0.25, 0.3) is 16.7 Å². The average molecular weight is 383 g/mol. The van der Waals surface area contributed by atoms with Gasteiger partial charge in [-0.2, -0.15) is 5.10 Å². The Hall–Kier alpha value is -4.13. The number of nitrogens with zero attached hydrogens (tertiary/aromatic N) is 4. The summed E-state index contributed by atoms with van der Waals surface area (Å²) in [6.45, 7) is 0.461. The highest BCUT2D eigenvalue weighted by Crippen LogP contribution is 2.25. The van der Waals surface area contributed by atoms with Gasteiger partial charge in [-0.3, -0.25) is 19.4 Å². The number of furan rings is 1. The zero-order valence-electron chi connectivity index (χ0n) is 15.4. The first kappa shape index (κ1) is 17.0. The normalized spacial score (nSPS) is 11.0. The van der Waals surface area contributed by atoms with Gasteiger partial charge in [0.2, 0.25) is 5.95 Å². The van der Waals surface area contributed by atoms with Crippen molar-refractivity contribution in [2.75, 3.05) is 5.32 Å². The Morgan fingerprint density at radius 3 is 2.62 bits per heavy atom. The van der Waals surface area contributed by atoms with Crippen LogP contribution in [0.1, 0.15) is 16.3 Å². The highest BCUT2D eigenvalue weighted by molar-refractivity contribution is 6.02. The van der Waals surface area contributed by atoms with Crippen LogP contribution < -0.4 is 5.32 Å². The lowest BCUT2D eigenvalue weighted by Crippen LogP contribution is -2.15. The summed E-state index contributed by atoms with van der Waals surface area (Å²) in [5, 5.41) is 7.03. The van der Waals surface area contributed by atoms with Gasteiger partial charge in [0.15, 0.2) is 5.76 Å². The molecule has 2 aromatic carbocycles. The number of aromatic nitrogens is 4. The van der Waals surface area contributed by atoms with Gasteiger partial charge in [0.1, 0.15) is 5.76 Å². The molecule has 142 valence electrons. The number of nitrogens with one attached hydrogen (secondary N) is 1. The van der Waals surface area contributed by atoms with Crippen LogP contribution in [0.3, 0.4) is 0 Å². The fourth-order valence-electron chi connectivity index (χ4n) is 3.25. The molecule has 5 rings (SSSR count). The first-order valence-corrected chi connectivity index (χ1v) is 9.18. The van der Waals surface area contributed by atoms with E-state index < -0.39 is 0 Å². The predicted molar refractivity (Wildman–Crippen MR) is 109 cm³/mol. The Kier molecular flexibility index (Phi) is 4.18. The lowest BCUT2D eigenvalue weighted by molar-refractivity contribution is 0.0993. The number of hydrogen-bond donors (Lipinski definition) is 1.